The largest absolute Gasteiger partial charge is 0.326 e. The van der Waals surface area contributed by atoms with Crippen molar-refractivity contribution in [1.29, 1.82) is 0 Å². The molecule has 1 aliphatic rings. The molecule has 0 spiro atoms. The molecule has 1 heterocycles. The zero-order valence-corrected chi connectivity index (χ0v) is 13.0. The summed E-state index contributed by atoms with van der Waals surface area (Å²) in [6.07, 6.45) is 10.6. The average molecular weight is 367 g/mol. The van der Waals surface area contributed by atoms with Crippen molar-refractivity contribution >= 4 is 34.2 Å². The van der Waals surface area contributed by atoms with Gasteiger partial charge in [0, 0.05) is 27.7 Å². The van der Waals surface area contributed by atoms with Crippen molar-refractivity contribution in [2.75, 3.05) is 5.32 Å². The van der Waals surface area contributed by atoms with Gasteiger partial charge >= 0.3 is 0 Å². The third-order valence-corrected chi connectivity index (χ3v) is 4.39. The monoisotopic (exact) mass is 367 g/mol. The van der Waals surface area contributed by atoms with Gasteiger partial charge in [0.25, 0.3) is 0 Å². The van der Waals surface area contributed by atoms with Gasteiger partial charge in [0.05, 0.1) is 0 Å². The van der Waals surface area contributed by atoms with Crippen LogP contribution in [-0.2, 0) is 0 Å². The lowest BCUT2D eigenvalue weighted by atomic mass is 9.95. The average Bonchev–Trinajstić information content (AvgIpc) is 2.88. The quantitative estimate of drug-likeness (QED) is 0.795. The van der Waals surface area contributed by atoms with Crippen molar-refractivity contribution in [2.45, 2.75) is 38.1 Å². The van der Waals surface area contributed by atoms with Crippen molar-refractivity contribution in [1.82, 2.24) is 9.55 Å². The first-order chi connectivity index (χ1) is 9.33. The van der Waals surface area contributed by atoms with E-state index in [9.17, 15) is 0 Å². The van der Waals surface area contributed by atoms with Gasteiger partial charge in [-0.15, -0.1) is 0 Å². The van der Waals surface area contributed by atoms with Crippen LogP contribution >= 0.6 is 22.6 Å². The summed E-state index contributed by atoms with van der Waals surface area (Å²) >= 11 is 2.33. The number of hydrogen-bond donors (Lipinski definition) is 1. The molecule has 1 aromatic heterocycles. The molecule has 2 aromatic rings. The second-order valence-corrected chi connectivity index (χ2v) is 6.33. The van der Waals surface area contributed by atoms with Crippen LogP contribution in [-0.4, -0.2) is 9.55 Å². The molecule has 1 aromatic carbocycles. The van der Waals surface area contributed by atoms with E-state index in [1.54, 1.807) is 0 Å². The van der Waals surface area contributed by atoms with E-state index in [1.165, 1.54) is 35.7 Å². The minimum absolute atomic E-state index is 0.613. The first-order valence-corrected chi connectivity index (χ1v) is 7.96. The van der Waals surface area contributed by atoms with Crippen LogP contribution in [0.25, 0.3) is 0 Å². The number of imidazole rings is 1. The Labute approximate surface area is 127 Å². The minimum atomic E-state index is 0.613. The Bertz CT molecular complexity index is 544. The summed E-state index contributed by atoms with van der Waals surface area (Å²) in [6, 6.07) is 9.00. The Kier molecular flexibility index (Phi) is 4.06. The lowest BCUT2D eigenvalue weighted by Crippen LogP contribution is -2.14. The van der Waals surface area contributed by atoms with E-state index in [1.807, 2.05) is 6.20 Å². The first-order valence-electron chi connectivity index (χ1n) is 6.88. The summed E-state index contributed by atoms with van der Waals surface area (Å²) in [5, 5.41) is 3.44. The summed E-state index contributed by atoms with van der Waals surface area (Å²) in [5.74, 6) is 0.967. The summed E-state index contributed by atoms with van der Waals surface area (Å²) in [5.41, 5.74) is 1.11. The molecule has 0 bridgehead atoms. The smallest absolute Gasteiger partial charge is 0.207 e. The molecule has 3 rings (SSSR count). The molecule has 0 aliphatic heterocycles. The van der Waals surface area contributed by atoms with Crippen LogP contribution in [0, 0.1) is 3.57 Å². The molecule has 0 radical (unpaired) electrons. The van der Waals surface area contributed by atoms with Crippen LogP contribution in [0.4, 0.5) is 11.6 Å². The molecule has 1 N–H and O–H groups in total. The second kappa shape index (κ2) is 5.94. The maximum Gasteiger partial charge on any atom is 0.207 e. The second-order valence-electron chi connectivity index (χ2n) is 5.09. The third-order valence-electron chi connectivity index (χ3n) is 3.72. The lowest BCUT2D eigenvalue weighted by molar-refractivity contribution is 0.356. The Morgan fingerprint density at radius 3 is 2.84 bits per heavy atom. The molecule has 4 heteroatoms. The highest BCUT2D eigenvalue weighted by Crippen LogP contribution is 2.31. The van der Waals surface area contributed by atoms with Gasteiger partial charge in [-0.2, -0.15) is 0 Å². The number of aromatic nitrogens is 2. The molecule has 19 heavy (non-hydrogen) atoms. The molecule has 0 saturated heterocycles. The fraction of sp³-hybridized carbons (Fsp3) is 0.400. The van der Waals surface area contributed by atoms with E-state index in [0.29, 0.717) is 6.04 Å². The summed E-state index contributed by atoms with van der Waals surface area (Å²) in [6.45, 7) is 0. The minimum Gasteiger partial charge on any atom is -0.326 e. The SMILES string of the molecule is Ic1cccc(Nc2nccn2C2CCCCC2)c1. The van der Waals surface area contributed by atoms with Gasteiger partial charge in [-0.1, -0.05) is 25.3 Å². The van der Waals surface area contributed by atoms with Crippen LogP contribution in [0.15, 0.2) is 36.7 Å². The van der Waals surface area contributed by atoms with Crippen molar-refractivity contribution in [3.8, 4) is 0 Å². The number of anilines is 2. The van der Waals surface area contributed by atoms with Crippen molar-refractivity contribution in [2.24, 2.45) is 0 Å². The predicted molar refractivity (Wildman–Crippen MR) is 86.8 cm³/mol. The molecule has 0 atom stereocenters. The predicted octanol–water partition coefficient (Wildman–Crippen LogP) is 4.74. The molecule has 3 nitrogen and oxygen atoms in total. The van der Waals surface area contributed by atoms with Crippen LogP contribution in [0.3, 0.4) is 0 Å². The number of nitrogens with zero attached hydrogens (tertiary/aromatic N) is 2. The van der Waals surface area contributed by atoms with Crippen LogP contribution in [0.5, 0.6) is 0 Å². The van der Waals surface area contributed by atoms with Crippen molar-refractivity contribution in [3.05, 3.63) is 40.2 Å². The van der Waals surface area contributed by atoms with Gasteiger partial charge in [0.1, 0.15) is 0 Å². The molecular formula is C15H18IN3. The maximum absolute atomic E-state index is 4.47. The first kappa shape index (κ1) is 13.0. The Hall–Kier alpha value is -1.04. The van der Waals surface area contributed by atoms with E-state index >= 15 is 0 Å². The van der Waals surface area contributed by atoms with Crippen LogP contribution in [0.2, 0.25) is 0 Å². The number of halogens is 1. The Morgan fingerprint density at radius 2 is 2.05 bits per heavy atom. The number of hydrogen-bond acceptors (Lipinski definition) is 2. The van der Waals surface area contributed by atoms with Gasteiger partial charge in [-0.3, -0.25) is 0 Å². The molecule has 1 aliphatic carbocycles. The molecule has 1 fully saturated rings. The normalized spacial score (nSPS) is 16.5. The summed E-state index contributed by atoms with van der Waals surface area (Å²) in [7, 11) is 0. The zero-order valence-electron chi connectivity index (χ0n) is 10.8. The van der Waals surface area contributed by atoms with Gasteiger partial charge in [0.2, 0.25) is 5.95 Å². The third kappa shape index (κ3) is 3.11. The fourth-order valence-corrected chi connectivity index (χ4v) is 3.30. The highest BCUT2D eigenvalue weighted by Gasteiger charge is 2.17. The van der Waals surface area contributed by atoms with Gasteiger partial charge < -0.3 is 9.88 Å². The summed E-state index contributed by atoms with van der Waals surface area (Å²) < 4.78 is 3.54. The molecule has 100 valence electrons. The maximum atomic E-state index is 4.47. The van der Waals surface area contributed by atoms with E-state index in [4.69, 9.17) is 0 Å². The number of nitrogens with one attached hydrogen (secondary N) is 1. The number of rotatable bonds is 3. The molecular weight excluding hydrogens is 349 g/mol. The van der Waals surface area contributed by atoms with Gasteiger partial charge in [-0.25, -0.2) is 4.98 Å². The van der Waals surface area contributed by atoms with E-state index in [2.05, 4.69) is 67.9 Å². The topological polar surface area (TPSA) is 29.9 Å². The molecule has 1 saturated carbocycles. The standard InChI is InChI=1S/C15H18IN3/c16-12-5-4-6-13(11-12)18-15-17-9-10-19(15)14-7-2-1-3-8-14/h4-6,9-11,14H,1-3,7-8H2,(H,17,18). The van der Waals surface area contributed by atoms with E-state index in [-0.39, 0.29) is 0 Å². The van der Waals surface area contributed by atoms with Gasteiger partial charge in [-0.05, 0) is 53.6 Å². The van der Waals surface area contributed by atoms with Crippen LogP contribution < -0.4 is 5.32 Å². The highest BCUT2D eigenvalue weighted by molar-refractivity contribution is 14.1. The molecule has 0 unspecified atom stereocenters. The van der Waals surface area contributed by atoms with E-state index < -0.39 is 0 Å². The number of benzene rings is 1. The Morgan fingerprint density at radius 1 is 1.21 bits per heavy atom. The van der Waals surface area contributed by atoms with Gasteiger partial charge in [0.15, 0.2) is 0 Å². The highest BCUT2D eigenvalue weighted by atomic mass is 127. The van der Waals surface area contributed by atoms with Crippen LogP contribution in [0.1, 0.15) is 38.1 Å². The van der Waals surface area contributed by atoms with Crippen molar-refractivity contribution in [3.63, 3.8) is 0 Å². The molecule has 0 amide bonds. The van der Waals surface area contributed by atoms with Crippen molar-refractivity contribution < 1.29 is 0 Å². The lowest BCUT2D eigenvalue weighted by Gasteiger charge is -2.24. The Balaban J connectivity index is 1.80. The summed E-state index contributed by atoms with van der Waals surface area (Å²) in [4.78, 5) is 4.47. The zero-order chi connectivity index (χ0) is 13.1. The van der Waals surface area contributed by atoms with E-state index in [0.717, 1.165) is 11.6 Å². The fourth-order valence-electron chi connectivity index (χ4n) is 2.76.